The number of Topliss-reactive ketones (excluding diaryl/α,β-unsaturated/α-hetero) is 1. The van der Waals surface area contributed by atoms with Crippen molar-refractivity contribution in [1.29, 1.82) is 0 Å². The van der Waals surface area contributed by atoms with Crippen molar-refractivity contribution in [2.75, 3.05) is 6.61 Å². The Bertz CT molecular complexity index is 400. The van der Waals surface area contributed by atoms with Gasteiger partial charge in [0.05, 0.1) is 6.61 Å². The molecule has 0 heterocycles. The van der Waals surface area contributed by atoms with Crippen molar-refractivity contribution in [1.82, 2.24) is 5.48 Å². The van der Waals surface area contributed by atoms with Crippen molar-refractivity contribution in [3.05, 3.63) is 48.3 Å². The van der Waals surface area contributed by atoms with Crippen molar-refractivity contribution in [2.24, 2.45) is 0 Å². The number of hydrogen-bond acceptors (Lipinski definition) is 3. The summed E-state index contributed by atoms with van der Waals surface area (Å²) in [4.78, 5) is 27.2. The molecule has 0 saturated heterocycles. The Balaban J connectivity index is 2.60. The third kappa shape index (κ3) is 3.29. The van der Waals surface area contributed by atoms with Gasteiger partial charge in [0.1, 0.15) is 5.82 Å². The second kappa shape index (κ2) is 5.77. The molecule has 0 bridgehead atoms. The molecule has 0 aliphatic rings. The molecule has 1 aromatic carbocycles. The number of hydrogen-bond donors (Lipinski definition) is 1. The molecule has 84 valence electrons. The summed E-state index contributed by atoms with van der Waals surface area (Å²) >= 11 is 0. The Hall–Kier alpha value is -2.01. The standard InChI is InChI=1S/C11H10FNO3/c1-2-7-16-13-11(15)10(14)8-3-5-9(12)6-4-8/h2-6H,1,7H2,(H,13,15). The van der Waals surface area contributed by atoms with Gasteiger partial charge in [-0.2, -0.15) is 0 Å². The zero-order chi connectivity index (χ0) is 12.0. The number of carbonyl (C=O) groups is 2. The largest absolute Gasteiger partial charge is 0.315 e. The van der Waals surface area contributed by atoms with Gasteiger partial charge in [0.2, 0.25) is 0 Å². The van der Waals surface area contributed by atoms with Crippen LogP contribution in [-0.4, -0.2) is 18.3 Å². The van der Waals surface area contributed by atoms with Crippen LogP contribution >= 0.6 is 0 Å². The molecule has 5 heteroatoms. The van der Waals surface area contributed by atoms with Crippen LogP contribution in [0.2, 0.25) is 0 Å². The number of carbonyl (C=O) groups excluding carboxylic acids is 2. The maximum Gasteiger partial charge on any atom is 0.315 e. The predicted molar refractivity (Wildman–Crippen MR) is 55.0 cm³/mol. The minimum atomic E-state index is -0.909. The smallest absolute Gasteiger partial charge is 0.283 e. The van der Waals surface area contributed by atoms with Crippen LogP contribution in [0.15, 0.2) is 36.9 Å². The molecule has 0 unspecified atom stereocenters. The fraction of sp³-hybridized carbons (Fsp3) is 0.0909. The molecule has 0 spiro atoms. The molecular formula is C11H10FNO3. The SMILES string of the molecule is C=CCONC(=O)C(=O)c1ccc(F)cc1. The van der Waals surface area contributed by atoms with Crippen LogP contribution in [-0.2, 0) is 9.63 Å². The van der Waals surface area contributed by atoms with Crippen LogP contribution in [0.5, 0.6) is 0 Å². The molecule has 0 atom stereocenters. The molecule has 1 amide bonds. The van der Waals surface area contributed by atoms with Gasteiger partial charge in [0.15, 0.2) is 0 Å². The van der Waals surface area contributed by atoms with E-state index in [0.717, 1.165) is 12.1 Å². The van der Waals surface area contributed by atoms with Crippen molar-refractivity contribution in [3.63, 3.8) is 0 Å². The summed E-state index contributed by atoms with van der Waals surface area (Å²) in [6, 6.07) is 4.66. The lowest BCUT2D eigenvalue weighted by Gasteiger charge is -2.02. The predicted octanol–water partition coefficient (Wildman–Crippen LogP) is 1.24. The molecule has 16 heavy (non-hydrogen) atoms. The van der Waals surface area contributed by atoms with Crippen LogP contribution in [0.3, 0.4) is 0 Å². The van der Waals surface area contributed by atoms with Crippen molar-refractivity contribution in [3.8, 4) is 0 Å². The Kier molecular flexibility index (Phi) is 4.35. The maximum atomic E-state index is 12.6. The van der Waals surface area contributed by atoms with E-state index in [1.54, 1.807) is 0 Å². The molecule has 4 nitrogen and oxygen atoms in total. The average molecular weight is 223 g/mol. The van der Waals surface area contributed by atoms with E-state index in [9.17, 15) is 14.0 Å². The van der Waals surface area contributed by atoms with E-state index >= 15 is 0 Å². The summed E-state index contributed by atoms with van der Waals surface area (Å²) in [7, 11) is 0. The molecule has 0 fully saturated rings. The molecule has 0 saturated carbocycles. The quantitative estimate of drug-likeness (QED) is 0.268. The lowest BCUT2D eigenvalue weighted by atomic mass is 10.1. The fourth-order valence-electron chi connectivity index (χ4n) is 0.945. The highest BCUT2D eigenvalue weighted by atomic mass is 19.1. The molecule has 0 aromatic heterocycles. The van der Waals surface area contributed by atoms with E-state index in [0.29, 0.717) is 0 Å². The second-order valence-corrected chi connectivity index (χ2v) is 2.87. The molecule has 1 rings (SSSR count). The number of ketones is 1. The molecule has 1 aromatic rings. The van der Waals surface area contributed by atoms with E-state index in [-0.39, 0.29) is 12.2 Å². The minimum Gasteiger partial charge on any atom is -0.283 e. The summed E-state index contributed by atoms with van der Waals surface area (Å²) in [6.07, 6.45) is 1.42. The Morgan fingerprint density at radius 2 is 2.00 bits per heavy atom. The second-order valence-electron chi connectivity index (χ2n) is 2.87. The molecular weight excluding hydrogens is 213 g/mol. The van der Waals surface area contributed by atoms with Gasteiger partial charge in [-0.1, -0.05) is 6.08 Å². The van der Waals surface area contributed by atoms with E-state index in [1.807, 2.05) is 5.48 Å². The summed E-state index contributed by atoms with van der Waals surface area (Å²) in [5.74, 6) is -2.17. The van der Waals surface area contributed by atoms with Gasteiger partial charge < -0.3 is 0 Å². The first-order valence-electron chi connectivity index (χ1n) is 4.48. The normalized spacial score (nSPS) is 9.56. The summed E-state index contributed by atoms with van der Waals surface area (Å²) in [5, 5.41) is 0. The highest BCUT2D eigenvalue weighted by Crippen LogP contribution is 2.03. The third-order valence-electron chi connectivity index (χ3n) is 1.68. The highest BCUT2D eigenvalue weighted by Gasteiger charge is 2.15. The van der Waals surface area contributed by atoms with E-state index in [4.69, 9.17) is 0 Å². The number of halogens is 1. The number of benzene rings is 1. The Labute approximate surface area is 91.7 Å². The summed E-state index contributed by atoms with van der Waals surface area (Å²) in [5.41, 5.74) is 2.04. The van der Waals surface area contributed by atoms with Crippen LogP contribution in [0.4, 0.5) is 4.39 Å². The lowest BCUT2D eigenvalue weighted by Crippen LogP contribution is -2.31. The van der Waals surface area contributed by atoms with Gasteiger partial charge in [-0.3, -0.25) is 14.4 Å². The van der Waals surface area contributed by atoms with Crippen molar-refractivity contribution in [2.45, 2.75) is 0 Å². The third-order valence-corrected chi connectivity index (χ3v) is 1.68. The van der Waals surface area contributed by atoms with Crippen molar-refractivity contribution < 1.29 is 18.8 Å². The van der Waals surface area contributed by atoms with Crippen molar-refractivity contribution >= 4 is 11.7 Å². The molecule has 0 aliphatic carbocycles. The van der Waals surface area contributed by atoms with Gasteiger partial charge in [-0.15, -0.1) is 6.58 Å². The summed E-state index contributed by atoms with van der Waals surface area (Å²) in [6.45, 7) is 3.47. The van der Waals surface area contributed by atoms with Gasteiger partial charge in [0.25, 0.3) is 5.78 Å². The van der Waals surface area contributed by atoms with Crippen LogP contribution in [0, 0.1) is 5.82 Å². The number of hydroxylamine groups is 1. The Morgan fingerprint density at radius 1 is 1.38 bits per heavy atom. The average Bonchev–Trinajstić information content (AvgIpc) is 2.29. The zero-order valence-corrected chi connectivity index (χ0v) is 8.40. The fourth-order valence-corrected chi connectivity index (χ4v) is 0.945. The molecule has 0 radical (unpaired) electrons. The minimum absolute atomic E-state index is 0.0982. The monoisotopic (exact) mass is 223 g/mol. The number of amides is 1. The first-order chi connectivity index (χ1) is 7.65. The van der Waals surface area contributed by atoms with Crippen LogP contribution in [0.25, 0.3) is 0 Å². The first kappa shape index (κ1) is 12.1. The van der Waals surface area contributed by atoms with Gasteiger partial charge in [-0.05, 0) is 24.3 Å². The van der Waals surface area contributed by atoms with Gasteiger partial charge in [-0.25, -0.2) is 9.87 Å². The molecule has 0 aliphatic heterocycles. The van der Waals surface area contributed by atoms with E-state index < -0.39 is 17.5 Å². The molecule has 1 N–H and O–H groups in total. The van der Waals surface area contributed by atoms with Gasteiger partial charge in [0, 0.05) is 5.56 Å². The number of rotatable bonds is 5. The van der Waals surface area contributed by atoms with E-state index in [1.165, 1.54) is 18.2 Å². The topological polar surface area (TPSA) is 55.4 Å². The van der Waals surface area contributed by atoms with E-state index in [2.05, 4.69) is 11.4 Å². The first-order valence-corrected chi connectivity index (χ1v) is 4.48. The maximum absolute atomic E-state index is 12.6. The summed E-state index contributed by atoms with van der Waals surface area (Å²) < 4.78 is 12.6. The van der Waals surface area contributed by atoms with Crippen LogP contribution in [0.1, 0.15) is 10.4 Å². The van der Waals surface area contributed by atoms with Crippen LogP contribution < -0.4 is 5.48 Å². The Morgan fingerprint density at radius 3 is 2.56 bits per heavy atom. The zero-order valence-electron chi connectivity index (χ0n) is 8.40. The number of nitrogens with one attached hydrogen (secondary N) is 1. The lowest BCUT2D eigenvalue weighted by molar-refractivity contribution is -0.127. The van der Waals surface area contributed by atoms with Gasteiger partial charge >= 0.3 is 5.91 Å². The highest BCUT2D eigenvalue weighted by molar-refractivity contribution is 6.42.